The second-order valence-corrected chi connectivity index (χ2v) is 23.2. The minimum Gasteiger partial charge on any atom is -0.497 e. The van der Waals surface area contributed by atoms with Gasteiger partial charge in [-0.3, -0.25) is 0 Å². The summed E-state index contributed by atoms with van der Waals surface area (Å²) in [5.74, 6) is 1.60. The van der Waals surface area contributed by atoms with E-state index in [1.54, 1.807) is 38.5 Å². The Morgan fingerprint density at radius 3 is 0.929 bits per heavy atom. The molecule has 0 radical (unpaired) electrons. The molecule has 0 aliphatic heterocycles. The van der Waals surface area contributed by atoms with Crippen LogP contribution in [0.2, 0.25) is 50.2 Å². The van der Waals surface area contributed by atoms with Gasteiger partial charge in [-0.05, 0) is 218 Å². The number of benzene rings is 9. The summed E-state index contributed by atoms with van der Waals surface area (Å²) < 4.78 is 46.4. The molecular formula is C70H73Cl10F3O2. The molecule has 15 heteroatoms. The van der Waals surface area contributed by atoms with Crippen molar-refractivity contribution >= 4 is 116 Å². The first-order valence-corrected chi connectivity index (χ1v) is 30.0. The number of hydrogen-bond acceptors (Lipinski definition) is 2. The van der Waals surface area contributed by atoms with E-state index in [0.717, 1.165) is 76.1 Å². The van der Waals surface area contributed by atoms with Crippen molar-refractivity contribution in [2.24, 2.45) is 0 Å². The highest BCUT2D eigenvalue weighted by atomic mass is 35.5. The summed E-state index contributed by atoms with van der Waals surface area (Å²) in [6, 6.07) is 52.4. The van der Waals surface area contributed by atoms with Crippen LogP contribution in [-0.4, -0.2) is 14.2 Å². The molecule has 0 N–H and O–H groups in total. The number of rotatable bonds is 2. The molecule has 0 saturated carbocycles. The lowest BCUT2D eigenvalue weighted by Crippen LogP contribution is -2.06. The van der Waals surface area contributed by atoms with Crippen LogP contribution in [0.3, 0.4) is 0 Å². The van der Waals surface area contributed by atoms with Crippen LogP contribution >= 0.6 is 116 Å². The molecule has 0 aromatic heterocycles. The van der Waals surface area contributed by atoms with E-state index in [1.165, 1.54) is 52.4 Å². The fourth-order valence-electron chi connectivity index (χ4n) is 6.41. The zero-order chi connectivity index (χ0) is 64.7. The van der Waals surface area contributed by atoms with E-state index in [2.05, 4.69) is 58.0 Å². The number of hydrogen-bond donors (Lipinski definition) is 0. The molecule has 9 aromatic rings. The smallest absolute Gasteiger partial charge is 0.417 e. The lowest BCUT2D eigenvalue weighted by molar-refractivity contribution is -0.137. The molecule has 9 rings (SSSR count). The SMILES string of the molecule is COc1ccc(C)c(Cl)c1.COc1ccc(C)c(Cl)c1.Cc1ccc(C)c(Cl)c1.Cc1ccc(Cl)c(C)c1.Cc1ccc(Cl)cc1.Cc1cccc(C(F)(F)F)c1Cl.Cc1cccc(C)c1C.Cc1cccc(Cl)c1Cl.Cc1cccc(Cl)c1Cl. The van der Waals surface area contributed by atoms with Crippen molar-refractivity contribution in [1.82, 2.24) is 0 Å². The minimum absolute atomic E-state index is 0.218. The van der Waals surface area contributed by atoms with Gasteiger partial charge in [0.1, 0.15) is 11.5 Å². The molecule has 0 unspecified atom stereocenters. The summed E-state index contributed by atoms with van der Waals surface area (Å²) in [7, 11) is 3.25. The average Bonchev–Trinajstić information content (AvgIpc) is 3.66. The third-order valence-corrected chi connectivity index (χ3v) is 16.3. The first-order valence-electron chi connectivity index (χ1n) is 26.2. The summed E-state index contributed by atoms with van der Waals surface area (Å²) in [6.45, 7) is 25.9. The first-order chi connectivity index (χ1) is 39.7. The van der Waals surface area contributed by atoms with Crippen LogP contribution in [0.5, 0.6) is 11.5 Å². The van der Waals surface area contributed by atoms with Gasteiger partial charge in [-0.1, -0.05) is 230 Å². The van der Waals surface area contributed by atoms with E-state index in [0.29, 0.717) is 25.7 Å². The second-order valence-electron chi connectivity index (χ2n) is 19.2. The highest BCUT2D eigenvalue weighted by molar-refractivity contribution is 6.43. The van der Waals surface area contributed by atoms with Gasteiger partial charge >= 0.3 is 6.18 Å². The van der Waals surface area contributed by atoms with E-state index in [4.69, 9.17) is 125 Å². The van der Waals surface area contributed by atoms with E-state index >= 15 is 0 Å². The Morgan fingerprint density at radius 2 is 0.624 bits per heavy atom. The summed E-state index contributed by atoms with van der Waals surface area (Å²) in [5.41, 5.74) is 14.0. The van der Waals surface area contributed by atoms with Crippen molar-refractivity contribution < 1.29 is 22.6 Å². The van der Waals surface area contributed by atoms with Gasteiger partial charge in [0.15, 0.2) is 0 Å². The molecule has 456 valence electrons. The maximum absolute atomic E-state index is 12.1. The van der Waals surface area contributed by atoms with Gasteiger partial charge in [-0.25, -0.2) is 0 Å². The van der Waals surface area contributed by atoms with Crippen LogP contribution in [0.1, 0.15) is 77.9 Å². The molecule has 0 heterocycles. The van der Waals surface area contributed by atoms with E-state index in [1.807, 2.05) is 152 Å². The Kier molecular flexibility index (Phi) is 37.5. The fraction of sp³-hybridized carbons (Fsp3) is 0.229. The number of ether oxygens (including phenoxy) is 2. The number of halogens is 13. The molecule has 0 spiro atoms. The molecule has 0 saturated heterocycles. The zero-order valence-electron chi connectivity index (χ0n) is 50.4. The standard InChI is InChI=1S/C9H12.C8H6ClF3.2C8H9ClO.2C8H9Cl.2C7H6Cl2.C7H7Cl/c1-7-5-4-6-8(2)9(7)3;1-5-3-2-4-6(7(5)9)8(10,11)12;2*1-6-3-4-7(10-2)5-8(6)9;1-6-3-4-8(9)7(2)5-6;1-6-3-4-7(2)8(9)5-6;2*1-5-3-2-4-6(8)7(5)9;1-6-2-4-7(8)5-3-6/h4-6H,1-3H3;2-4H,1H3;2*3-5H,1-2H3;2*3-5H,1-2H3;2*2-4H,1H3;2-5H,1H3. The summed E-state index contributed by atoms with van der Waals surface area (Å²) in [5, 5.41) is 6.33. The molecule has 0 fully saturated rings. The third-order valence-electron chi connectivity index (χ3n) is 12.1. The third kappa shape index (κ3) is 31.1. The van der Waals surface area contributed by atoms with Gasteiger partial charge in [0, 0.05) is 25.1 Å². The van der Waals surface area contributed by atoms with Gasteiger partial charge in [-0.15, -0.1) is 0 Å². The van der Waals surface area contributed by atoms with Crippen LogP contribution in [0, 0.1) is 90.0 Å². The first kappa shape index (κ1) is 78.3. The molecule has 0 amide bonds. The van der Waals surface area contributed by atoms with Crippen LogP contribution < -0.4 is 9.47 Å². The van der Waals surface area contributed by atoms with Gasteiger partial charge < -0.3 is 9.47 Å². The van der Waals surface area contributed by atoms with Crippen molar-refractivity contribution in [3.8, 4) is 11.5 Å². The maximum Gasteiger partial charge on any atom is 0.417 e. The summed E-state index contributed by atoms with van der Waals surface area (Å²) >= 11 is 57.1. The Hall–Kier alpha value is -4.73. The summed E-state index contributed by atoms with van der Waals surface area (Å²) in [4.78, 5) is 0. The number of methoxy groups -OCH3 is 2. The molecule has 0 aliphatic carbocycles. The quantitative estimate of drug-likeness (QED) is 0.172. The van der Waals surface area contributed by atoms with Crippen molar-refractivity contribution in [3.63, 3.8) is 0 Å². The molecule has 0 atom stereocenters. The Morgan fingerprint density at radius 1 is 0.282 bits per heavy atom. The molecular weight excluding hydrogens is 1280 g/mol. The van der Waals surface area contributed by atoms with Crippen molar-refractivity contribution in [3.05, 3.63) is 298 Å². The van der Waals surface area contributed by atoms with Crippen molar-refractivity contribution in [2.75, 3.05) is 14.2 Å². The van der Waals surface area contributed by atoms with Crippen LogP contribution in [0.25, 0.3) is 0 Å². The highest BCUT2D eigenvalue weighted by Crippen LogP contribution is 2.36. The molecule has 0 aliphatic rings. The van der Waals surface area contributed by atoms with Crippen LogP contribution in [0.4, 0.5) is 13.2 Å². The monoisotopic (exact) mass is 1350 g/mol. The predicted molar refractivity (Wildman–Crippen MR) is 368 cm³/mol. The van der Waals surface area contributed by atoms with E-state index in [-0.39, 0.29) is 5.02 Å². The largest absolute Gasteiger partial charge is 0.497 e. The normalized spacial score (nSPS) is 9.88. The van der Waals surface area contributed by atoms with Gasteiger partial charge in [0.05, 0.1) is 44.9 Å². The lowest BCUT2D eigenvalue weighted by atomic mass is 10.1. The second kappa shape index (κ2) is 40.7. The molecule has 0 bridgehead atoms. The zero-order valence-corrected chi connectivity index (χ0v) is 58.0. The lowest BCUT2D eigenvalue weighted by Gasteiger charge is -2.09. The number of alkyl halides is 3. The maximum atomic E-state index is 12.1. The highest BCUT2D eigenvalue weighted by Gasteiger charge is 2.33. The van der Waals surface area contributed by atoms with Gasteiger partial charge in [0.2, 0.25) is 0 Å². The summed E-state index contributed by atoms with van der Waals surface area (Å²) in [6.07, 6.45) is -4.36. The molecule has 9 aromatic carbocycles. The van der Waals surface area contributed by atoms with Crippen molar-refractivity contribution in [1.29, 1.82) is 0 Å². The average molecular weight is 1360 g/mol. The van der Waals surface area contributed by atoms with Crippen LogP contribution in [0.15, 0.2) is 170 Å². The van der Waals surface area contributed by atoms with E-state index < -0.39 is 11.7 Å². The fourth-order valence-corrected chi connectivity index (χ4v) is 8.16. The van der Waals surface area contributed by atoms with E-state index in [9.17, 15) is 13.2 Å². The molecule has 2 nitrogen and oxygen atoms in total. The predicted octanol–water partition coefficient (Wildman–Crippen LogP) is 26.8. The Balaban J connectivity index is 0.000000479. The number of aryl methyl sites for hydroxylation is 12. The molecule has 85 heavy (non-hydrogen) atoms. The Bertz CT molecular complexity index is 3160. The van der Waals surface area contributed by atoms with Crippen LogP contribution in [-0.2, 0) is 6.18 Å². The van der Waals surface area contributed by atoms with Gasteiger partial charge in [-0.2, -0.15) is 13.2 Å². The van der Waals surface area contributed by atoms with Crippen molar-refractivity contribution in [2.45, 2.75) is 96.2 Å². The minimum atomic E-state index is -4.36. The Labute approximate surface area is 554 Å². The van der Waals surface area contributed by atoms with Gasteiger partial charge in [0.25, 0.3) is 0 Å². The topological polar surface area (TPSA) is 18.5 Å².